The first kappa shape index (κ1) is 12.4. The number of unbranched alkanes of at least 4 members (excludes halogenated alkanes) is 2. The summed E-state index contributed by atoms with van der Waals surface area (Å²) in [5, 5.41) is 0. The number of rotatable bonds is 4. The van der Waals surface area contributed by atoms with Crippen molar-refractivity contribution in [2.75, 3.05) is 0 Å². The quantitative estimate of drug-likeness (QED) is 0.476. The molecule has 1 heteroatoms. The molecule has 0 aromatic heterocycles. The second kappa shape index (κ2) is 9.50. The minimum absolute atomic E-state index is 1.35. The molecule has 1 aliphatic carbocycles. The predicted octanol–water partition coefficient (Wildman–Crippen LogP) is 3.88. The molecule has 0 saturated heterocycles. The first-order valence-electron chi connectivity index (χ1n) is 5.40. The van der Waals surface area contributed by atoms with Crippen molar-refractivity contribution in [1.82, 2.24) is 0 Å². The van der Waals surface area contributed by atoms with E-state index in [-0.39, 0.29) is 0 Å². The maximum Gasteiger partial charge on any atom is 0.106 e. The number of allylic oxidation sites excluding steroid dienone is 2. The summed E-state index contributed by atoms with van der Waals surface area (Å²) in [6.45, 7) is 4.27. The van der Waals surface area contributed by atoms with Crippen LogP contribution in [0.3, 0.4) is 0 Å². The molecule has 0 radical (unpaired) electrons. The fourth-order valence-corrected chi connectivity index (χ4v) is 1.73. The van der Waals surface area contributed by atoms with Gasteiger partial charge in [0.1, 0.15) is 6.79 Å². The van der Waals surface area contributed by atoms with Gasteiger partial charge in [-0.15, -0.1) is 0 Å². The normalized spacial score (nSPS) is 15.6. The molecule has 0 aromatic rings. The Kier molecular flexibility index (Phi) is 9.07. The number of hydrogen-bond acceptors (Lipinski definition) is 1. The van der Waals surface area contributed by atoms with Gasteiger partial charge in [0.25, 0.3) is 0 Å². The summed E-state index contributed by atoms with van der Waals surface area (Å²) < 4.78 is 0. The standard InChI is InChI=1S/C11H20.CH2O/c1-2-3-5-8-11-9-6-4-7-10-11;1-2/h9H,2-8,10H2,1H3;1H2. The summed E-state index contributed by atoms with van der Waals surface area (Å²) in [4.78, 5) is 8.00. The number of carbonyl (C=O) groups excluding carboxylic acids is 1. The highest BCUT2D eigenvalue weighted by atomic mass is 16.1. The number of carbonyl (C=O) groups is 1. The minimum atomic E-state index is 1.35. The Hall–Kier alpha value is -0.590. The smallest absolute Gasteiger partial charge is 0.106 e. The first-order valence-corrected chi connectivity index (χ1v) is 5.40. The number of hydrogen-bond donors (Lipinski definition) is 0. The molecule has 0 aromatic carbocycles. The van der Waals surface area contributed by atoms with E-state index in [9.17, 15) is 0 Å². The van der Waals surface area contributed by atoms with E-state index in [1.54, 1.807) is 5.57 Å². The van der Waals surface area contributed by atoms with E-state index >= 15 is 0 Å². The van der Waals surface area contributed by atoms with Crippen LogP contribution < -0.4 is 0 Å². The SMILES string of the molecule is C=O.CCCCCC1=CCCCC1. The van der Waals surface area contributed by atoms with Gasteiger partial charge in [-0.1, -0.05) is 31.4 Å². The third-order valence-corrected chi connectivity index (χ3v) is 2.49. The first-order chi connectivity index (χ1) is 6.43. The van der Waals surface area contributed by atoms with Crippen molar-refractivity contribution < 1.29 is 4.79 Å². The molecule has 1 nitrogen and oxygen atoms in total. The van der Waals surface area contributed by atoms with Gasteiger partial charge in [-0.3, -0.25) is 0 Å². The van der Waals surface area contributed by atoms with Gasteiger partial charge in [0.15, 0.2) is 0 Å². The Labute approximate surface area is 82.2 Å². The summed E-state index contributed by atoms with van der Waals surface area (Å²) >= 11 is 0. The largest absolute Gasteiger partial charge is 0.307 e. The molecule has 0 atom stereocenters. The lowest BCUT2D eigenvalue weighted by Gasteiger charge is -2.11. The maximum atomic E-state index is 8.00. The predicted molar refractivity (Wildman–Crippen MR) is 57.8 cm³/mol. The van der Waals surface area contributed by atoms with Crippen molar-refractivity contribution in [3.63, 3.8) is 0 Å². The second-order valence-electron chi connectivity index (χ2n) is 3.57. The van der Waals surface area contributed by atoms with Crippen LogP contribution in [0, 0.1) is 0 Å². The Morgan fingerprint density at radius 3 is 2.62 bits per heavy atom. The van der Waals surface area contributed by atoms with Crippen LogP contribution in [0.1, 0.15) is 58.3 Å². The Bertz CT molecular complexity index is 138. The third-order valence-electron chi connectivity index (χ3n) is 2.49. The van der Waals surface area contributed by atoms with E-state index in [2.05, 4.69) is 13.0 Å². The summed E-state index contributed by atoms with van der Waals surface area (Å²) in [6.07, 6.45) is 13.7. The molecule has 0 unspecified atom stereocenters. The molecule has 1 aliphatic rings. The average molecular weight is 182 g/mol. The molecule has 0 saturated carbocycles. The lowest BCUT2D eigenvalue weighted by molar-refractivity contribution is -0.0979. The summed E-state index contributed by atoms with van der Waals surface area (Å²) in [5.41, 5.74) is 1.74. The van der Waals surface area contributed by atoms with E-state index in [4.69, 9.17) is 4.79 Å². The molecule has 0 aliphatic heterocycles. The zero-order valence-corrected chi connectivity index (χ0v) is 8.85. The van der Waals surface area contributed by atoms with Crippen molar-refractivity contribution in [3.05, 3.63) is 11.6 Å². The molecule has 13 heavy (non-hydrogen) atoms. The van der Waals surface area contributed by atoms with Crippen LogP contribution in [-0.2, 0) is 4.79 Å². The molecular formula is C12H22O. The highest BCUT2D eigenvalue weighted by molar-refractivity contribution is 5.11. The van der Waals surface area contributed by atoms with Crippen LogP contribution in [0.15, 0.2) is 11.6 Å². The van der Waals surface area contributed by atoms with Crippen LogP contribution in [-0.4, -0.2) is 6.79 Å². The van der Waals surface area contributed by atoms with Gasteiger partial charge in [-0.2, -0.15) is 0 Å². The fourth-order valence-electron chi connectivity index (χ4n) is 1.73. The molecule has 0 spiro atoms. The Balaban J connectivity index is 0.000000671. The van der Waals surface area contributed by atoms with E-state index in [0.717, 1.165) is 0 Å². The maximum absolute atomic E-state index is 8.00. The zero-order chi connectivity index (χ0) is 9.94. The summed E-state index contributed by atoms with van der Waals surface area (Å²) in [5.74, 6) is 0. The zero-order valence-electron chi connectivity index (χ0n) is 8.85. The highest BCUT2D eigenvalue weighted by Gasteiger charge is 2.01. The van der Waals surface area contributed by atoms with Gasteiger partial charge in [-0.25, -0.2) is 0 Å². The molecular weight excluding hydrogens is 160 g/mol. The van der Waals surface area contributed by atoms with Gasteiger partial charge in [0, 0.05) is 0 Å². The molecule has 76 valence electrons. The molecule has 0 N–H and O–H groups in total. The molecule has 0 bridgehead atoms. The summed E-state index contributed by atoms with van der Waals surface area (Å²) in [7, 11) is 0. The van der Waals surface area contributed by atoms with Gasteiger partial charge in [-0.05, 0) is 38.5 Å². The monoisotopic (exact) mass is 182 g/mol. The molecule has 0 heterocycles. The lowest BCUT2D eigenvalue weighted by Crippen LogP contribution is -1.91. The lowest BCUT2D eigenvalue weighted by atomic mass is 9.95. The highest BCUT2D eigenvalue weighted by Crippen LogP contribution is 2.21. The van der Waals surface area contributed by atoms with Crippen LogP contribution in [0.2, 0.25) is 0 Å². The van der Waals surface area contributed by atoms with Gasteiger partial charge < -0.3 is 4.79 Å². The second-order valence-corrected chi connectivity index (χ2v) is 3.57. The van der Waals surface area contributed by atoms with E-state index in [0.29, 0.717) is 0 Å². The fraction of sp³-hybridized carbons (Fsp3) is 0.750. The molecule has 0 amide bonds. The van der Waals surface area contributed by atoms with Crippen LogP contribution >= 0.6 is 0 Å². The van der Waals surface area contributed by atoms with Crippen molar-refractivity contribution in [3.8, 4) is 0 Å². The van der Waals surface area contributed by atoms with Crippen LogP contribution in [0.5, 0.6) is 0 Å². The van der Waals surface area contributed by atoms with E-state index < -0.39 is 0 Å². The Morgan fingerprint density at radius 2 is 2.08 bits per heavy atom. The van der Waals surface area contributed by atoms with Crippen LogP contribution in [0.25, 0.3) is 0 Å². The summed E-state index contributed by atoms with van der Waals surface area (Å²) in [6, 6.07) is 0. The average Bonchev–Trinajstić information content (AvgIpc) is 2.23. The molecule has 0 fully saturated rings. The van der Waals surface area contributed by atoms with Crippen molar-refractivity contribution in [2.24, 2.45) is 0 Å². The van der Waals surface area contributed by atoms with Gasteiger partial charge in [0.2, 0.25) is 0 Å². The van der Waals surface area contributed by atoms with Crippen molar-refractivity contribution >= 4 is 6.79 Å². The van der Waals surface area contributed by atoms with Crippen LogP contribution in [0.4, 0.5) is 0 Å². The van der Waals surface area contributed by atoms with E-state index in [1.807, 2.05) is 6.79 Å². The van der Waals surface area contributed by atoms with Crippen molar-refractivity contribution in [2.45, 2.75) is 58.3 Å². The topological polar surface area (TPSA) is 17.1 Å². The van der Waals surface area contributed by atoms with Gasteiger partial charge in [0.05, 0.1) is 0 Å². The Morgan fingerprint density at radius 1 is 1.31 bits per heavy atom. The minimum Gasteiger partial charge on any atom is -0.307 e. The van der Waals surface area contributed by atoms with Gasteiger partial charge >= 0.3 is 0 Å². The third kappa shape index (κ3) is 6.56. The van der Waals surface area contributed by atoms with Crippen molar-refractivity contribution in [1.29, 1.82) is 0 Å². The van der Waals surface area contributed by atoms with E-state index in [1.165, 1.54) is 51.4 Å². The molecule has 1 rings (SSSR count).